The third kappa shape index (κ3) is 4.94. The van der Waals surface area contributed by atoms with Gasteiger partial charge in [-0.2, -0.15) is 9.97 Å². The number of nitrogens with zero attached hydrogens (tertiary/aromatic N) is 4. The number of hydrogen-bond acceptors (Lipinski definition) is 5. The van der Waals surface area contributed by atoms with Crippen LogP contribution in [0.2, 0.25) is 0 Å². The summed E-state index contributed by atoms with van der Waals surface area (Å²) in [5.41, 5.74) is 11.5. The summed E-state index contributed by atoms with van der Waals surface area (Å²) in [6, 6.07) is 62.6. The van der Waals surface area contributed by atoms with Gasteiger partial charge in [0.25, 0.3) is 0 Å². The fourth-order valence-corrected chi connectivity index (χ4v) is 8.46. The van der Waals surface area contributed by atoms with Crippen molar-refractivity contribution in [2.75, 3.05) is 0 Å². The molecule has 0 saturated carbocycles. The number of rotatable bonds is 5. The molecule has 0 atom stereocenters. The van der Waals surface area contributed by atoms with E-state index in [0.717, 1.165) is 99.1 Å². The van der Waals surface area contributed by atoms with Crippen LogP contribution < -0.4 is 0 Å². The van der Waals surface area contributed by atoms with Crippen LogP contribution in [0.3, 0.4) is 0 Å². The maximum absolute atomic E-state index is 6.56. The molecule has 4 aromatic heterocycles. The molecule has 266 valence electrons. The van der Waals surface area contributed by atoms with Crippen LogP contribution in [0.5, 0.6) is 0 Å². The van der Waals surface area contributed by atoms with Gasteiger partial charge in [-0.3, -0.25) is 4.57 Å². The Morgan fingerprint density at radius 1 is 0.351 bits per heavy atom. The molecule has 0 saturated heterocycles. The van der Waals surface area contributed by atoms with Gasteiger partial charge in [-0.15, -0.1) is 0 Å². The summed E-state index contributed by atoms with van der Waals surface area (Å²) < 4.78 is 15.1. The standard InChI is InChI=1S/C51H30N4O2/c1-3-12-31(13-4-1)32-22-24-34(25-23-32)49-52-50(35-26-27-40-45(30-35)57-43-21-11-18-36(46(40)43)33-14-5-2-6-15-33)54-51(53-49)55-41-19-9-7-16-37(41)38-28-29-44-47(48(38)55)39-17-8-10-20-42(39)56-44/h1-30H. The summed E-state index contributed by atoms with van der Waals surface area (Å²) in [5.74, 6) is 1.63. The van der Waals surface area contributed by atoms with Gasteiger partial charge in [-0.25, -0.2) is 4.98 Å². The third-order valence-corrected chi connectivity index (χ3v) is 11.1. The van der Waals surface area contributed by atoms with Crippen LogP contribution in [0.4, 0.5) is 0 Å². The summed E-state index contributed by atoms with van der Waals surface area (Å²) in [7, 11) is 0. The predicted molar refractivity (Wildman–Crippen MR) is 230 cm³/mol. The van der Waals surface area contributed by atoms with Crippen LogP contribution in [-0.4, -0.2) is 19.5 Å². The number of aromatic nitrogens is 4. The predicted octanol–water partition coefficient (Wildman–Crippen LogP) is 13.4. The van der Waals surface area contributed by atoms with Gasteiger partial charge in [0.05, 0.1) is 16.4 Å². The molecule has 8 aromatic carbocycles. The van der Waals surface area contributed by atoms with Gasteiger partial charge < -0.3 is 8.83 Å². The van der Waals surface area contributed by atoms with Crippen molar-refractivity contribution in [2.24, 2.45) is 0 Å². The minimum atomic E-state index is 0.516. The Bertz CT molecular complexity index is 3510. The lowest BCUT2D eigenvalue weighted by Crippen LogP contribution is -2.06. The molecule has 0 spiro atoms. The number of hydrogen-bond donors (Lipinski definition) is 0. The molecule has 0 N–H and O–H groups in total. The van der Waals surface area contributed by atoms with E-state index in [1.54, 1.807) is 0 Å². The third-order valence-electron chi connectivity index (χ3n) is 11.1. The Morgan fingerprint density at radius 3 is 1.75 bits per heavy atom. The normalized spacial score (nSPS) is 11.9. The maximum atomic E-state index is 6.56. The second kappa shape index (κ2) is 12.3. The topological polar surface area (TPSA) is 69.9 Å². The molecule has 0 aliphatic heterocycles. The molecular weight excluding hydrogens is 701 g/mol. The zero-order valence-electron chi connectivity index (χ0n) is 30.4. The molecule has 0 bridgehead atoms. The van der Waals surface area contributed by atoms with E-state index >= 15 is 0 Å². The van der Waals surface area contributed by atoms with E-state index in [1.807, 2.05) is 36.4 Å². The number of benzene rings is 8. The average molecular weight is 731 g/mol. The van der Waals surface area contributed by atoms with Crippen LogP contribution in [0, 0.1) is 0 Å². The maximum Gasteiger partial charge on any atom is 0.238 e. The van der Waals surface area contributed by atoms with Crippen LogP contribution in [0.1, 0.15) is 0 Å². The number of fused-ring (bicyclic) bond motifs is 10. The molecule has 0 aliphatic rings. The molecule has 0 fully saturated rings. The molecule has 0 amide bonds. The van der Waals surface area contributed by atoms with Gasteiger partial charge in [0.2, 0.25) is 5.95 Å². The minimum absolute atomic E-state index is 0.516. The van der Waals surface area contributed by atoms with Crippen molar-refractivity contribution < 1.29 is 8.83 Å². The summed E-state index contributed by atoms with van der Waals surface area (Å²) >= 11 is 0. The van der Waals surface area contributed by atoms with Crippen molar-refractivity contribution in [1.82, 2.24) is 19.5 Å². The minimum Gasteiger partial charge on any atom is -0.456 e. The van der Waals surface area contributed by atoms with Crippen LogP contribution in [0.25, 0.3) is 117 Å². The second-order valence-electron chi connectivity index (χ2n) is 14.4. The fraction of sp³-hybridized carbons (Fsp3) is 0. The number of furan rings is 2. The van der Waals surface area contributed by atoms with Gasteiger partial charge in [0.15, 0.2) is 11.6 Å². The highest BCUT2D eigenvalue weighted by Gasteiger charge is 2.22. The van der Waals surface area contributed by atoms with Crippen LogP contribution in [-0.2, 0) is 0 Å². The Kier molecular flexibility index (Phi) is 6.83. The van der Waals surface area contributed by atoms with Crippen molar-refractivity contribution in [3.63, 3.8) is 0 Å². The molecule has 6 nitrogen and oxygen atoms in total. The van der Waals surface area contributed by atoms with E-state index in [1.165, 1.54) is 0 Å². The van der Waals surface area contributed by atoms with Crippen LogP contribution >= 0.6 is 0 Å². The van der Waals surface area contributed by atoms with E-state index in [-0.39, 0.29) is 0 Å². The highest BCUT2D eigenvalue weighted by Crippen LogP contribution is 2.42. The largest absolute Gasteiger partial charge is 0.456 e. The summed E-state index contributed by atoms with van der Waals surface area (Å²) in [6.45, 7) is 0. The van der Waals surface area contributed by atoms with Crippen molar-refractivity contribution in [3.05, 3.63) is 182 Å². The first-order valence-electron chi connectivity index (χ1n) is 19.0. The molecule has 57 heavy (non-hydrogen) atoms. The highest BCUT2D eigenvalue weighted by atomic mass is 16.3. The van der Waals surface area contributed by atoms with E-state index in [4.69, 9.17) is 23.8 Å². The second-order valence-corrected chi connectivity index (χ2v) is 14.4. The van der Waals surface area contributed by atoms with Crippen molar-refractivity contribution in [1.29, 1.82) is 0 Å². The Morgan fingerprint density at radius 2 is 0.930 bits per heavy atom. The SMILES string of the molecule is c1ccc(-c2ccc(-c3nc(-c4ccc5c(c4)oc4cccc(-c6ccccc6)c45)nc(-n4c5ccccc5c5ccc6oc7ccccc7c6c54)n3)cc2)cc1. The van der Waals surface area contributed by atoms with Crippen LogP contribution in [0.15, 0.2) is 191 Å². The molecule has 4 heterocycles. The van der Waals surface area contributed by atoms with E-state index in [0.29, 0.717) is 17.6 Å². The highest BCUT2D eigenvalue weighted by molar-refractivity contribution is 6.24. The molecular formula is C51H30N4O2. The van der Waals surface area contributed by atoms with Gasteiger partial charge in [-0.05, 0) is 64.7 Å². The zero-order valence-corrected chi connectivity index (χ0v) is 30.4. The van der Waals surface area contributed by atoms with E-state index in [2.05, 4.69) is 150 Å². The van der Waals surface area contributed by atoms with Gasteiger partial charge in [0.1, 0.15) is 22.3 Å². The van der Waals surface area contributed by atoms with E-state index in [9.17, 15) is 0 Å². The smallest absolute Gasteiger partial charge is 0.238 e. The lowest BCUT2D eigenvalue weighted by atomic mass is 9.99. The Labute approximate surface area is 325 Å². The van der Waals surface area contributed by atoms with Gasteiger partial charge in [0, 0.05) is 38.1 Å². The first kappa shape index (κ1) is 31.5. The quantitative estimate of drug-likeness (QED) is 0.176. The molecule has 12 aromatic rings. The monoisotopic (exact) mass is 730 g/mol. The Hall–Kier alpha value is -7.83. The molecule has 0 aliphatic carbocycles. The molecule has 0 radical (unpaired) electrons. The summed E-state index contributed by atoms with van der Waals surface area (Å²) in [5, 5.41) is 6.39. The summed E-state index contributed by atoms with van der Waals surface area (Å²) in [4.78, 5) is 15.8. The molecule has 12 rings (SSSR count). The first-order valence-corrected chi connectivity index (χ1v) is 19.0. The average Bonchev–Trinajstić information content (AvgIpc) is 3.96. The molecule has 6 heteroatoms. The first-order chi connectivity index (χ1) is 28.2. The van der Waals surface area contributed by atoms with Gasteiger partial charge >= 0.3 is 0 Å². The number of para-hydroxylation sites is 2. The lowest BCUT2D eigenvalue weighted by molar-refractivity contribution is 0.668. The van der Waals surface area contributed by atoms with Crippen molar-refractivity contribution in [3.8, 4) is 51.0 Å². The fourth-order valence-electron chi connectivity index (χ4n) is 8.46. The van der Waals surface area contributed by atoms with Crippen molar-refractivity contribution in [2.45, 2.75) is 0 Å². The lowest BCUT2D eigenvalue weighted by Gasteiger charge is -2.12. The van der Waals surface area contributed by atoms with E-state index < -0.39 is 0 Å². The van der Waals surface area contributed by atoms with Gasteiger partial charge in [-0.1, -0.05) is 140 Å². The Balaban J connectivity index is 1.11. The summed E-state index contributed by atoms with van der Waals surface area (Å²) in [6.07, 6.45) is 0. The molecule has 0 unspecified atom stereocenters. The van der Waals surface area contributed by atoms with Crippen molar-refractivity contribution >= 4 is 65.7 Å². The zero-order chi connectivity index (χ0) is 37.5.